The molecule has 17 heavy (non-hydrogen) atoms. The molecule has 0 saturated carbocycles. The van der Waals surface area contributed by atoms with Gasteiger partial charge in [0.05, 0.1) is 9.40 Å². The van der Waals surface area contributed by atoms with Crippen LogP contribution >= 0.6 is 15.9 Å². The Bertz CT molecular complexity index is 455. The predicted octanol–water partition coefficient (Wildman–Crippen LogP) is 1.93. The molecule has 0 aromatic carbocycles. The summed E-state index contributed by atoms with van der Waals surface area (Å²) in [6.07, 6.45) is 4.26. The van der Waals surface area contributed by atoms with Crippen LogP contribution < -0.4 is 5.32 Å². The summed E-state index contributed by atoms with van der Waals surface area (Å²) in [6, 6.07) is 0. The predicted molar refractivity (Wildman–Crippen MR) is 70.6 cm³/mol. The molecule has 0 spiro atoms. The van der Waals surface area contributed by atoms with Crippen LogP contribution in [0.1, 0.15) is 6.92 Å². The average molecular weight is 322 g/mol. The van der Waals surface area contributed by atoms with Gasteiger partial charge in [-0.25, -0.2) is 0 Å². The molecular weight excluding hydrogens is 310 g/mol. The Labute approximate surface area is 110 Å². The van der Waals surface area contributed by atoms with E-state index in [4.69, 9.17) is 0 Å². The quantitative estimate of drug-likeness (QED) is 0.661. The van der Waals surface area contributed by atoms with E-state index >= 15 is 0 Å². The first-order chi connectivity index (χ1) is 7.93. The highest BCUT2D eigenvalue weighted by molar-refractivity contribution is 9.10. The number of hydrogen-bond donors (Lipinski definition) is 1. The van der Waals surface area contributed by atoms with Crippen LogP contribution in [0.4, 0.5) is 11.4 Å². The van der Waals surface area contributed by atoms with Crippen molar-refractivity contribution in [2.45, 2.75) is 12.2 Å². The molecule has 0 aliphatic rings. The van der Waals surface area contributed by atoms with E-state index in [1.807, 2.05) is 6.92 Å². The van der Waals surface area contributed by atoms with Crippen LogP contribution in [0, 0.1) is 10.1 Å². The summed E-state index contributed by atoms with van der Waals surface area (Å²) in [5.74, 6) is 0. The van der Waals surface area contributed by atoms with Crippen molar-refractivity contribution in [1.29, 1.82) is 0 Å². The summed E-state index contributed by atoms with van der Waals surface area (Å²) in [6.45, 7) is 2.20. The minimum absolute atomic E-state index is 0.0883. The third kappa shape index (κ3) is 3.74. The lowest BCUT2D eigenvalue weighted by molar-refractivity contribution is -0.384. The standard InChI is InChI=1S/C9H12BrN3O3S/c1-6(17(2)16)3-12-9-7(10)4-11-5-8(9)13(14)15/h4-6H,3H2,1-2H3,(H,11,12). The van der Waals surface area contributed by atoms with E-state index in [0.717, 1.165) is 0 Å². The van der Waals surface area contributed by atoms with Gasteiger partial charge in [0.2, 0.25) is 0 Å². The minimum atomic E-state index is -0.971. The van der Waals surface area contributed by atoms with Crippen molar-refractivity contribution >= 4 is 38.1 Å². The fourth-order valence-electron chi connectivity index (χ4n) is 1.10. The van der Waals surface area contributed by atoms with Gasteiger partial charge in [-0.1, -0.05) is 0 Å². The van der Waals surface area contributed by atoms with E-state index in [1.165, 1.54) is 12.4 Å². The molecule has 2 atom stereocenters. The van der Waals surface area contributed by atoms with Gasteiger partial charge in [0.25, 0.3) is 0 Å². The number of nitrogens with one attached hydrogen (secondary N) is 1. The molecule has 1 aromatic heterocycles. The largest absolute Gasteiger partial charge is 0.377 e. The molecule has 1 heterocycles. The van der Waals surface area contributed by atoms with Gasteiger partial charge in [0.1, 0.15) is 11.9 Å². The number of aromatic nitrogens is 1. The monoisotopic (exact) mass is 321 g/mol. The lowest BCUT2D eigenvalue weighted by Gasteiger charge is -2.12. The van der Waals surface area contributed by atoms with Crippen LogP contribution in [-0.4, -0.2) is 32.2 Å². The number of halogens is 1. The highest BCUT2D eigenvalue weighted by atomic mass is 79.9. The van der Waals surface area contributed by atoms with E-state index in [0.29, 0.717) is 16.7 Å². The topological polar surface area (TPSA) is 85.1 Å². The summed E-state index contributed by atoms with van der Waals surface area (Å²) < 4.78 is 11.7. The molecule has 0 bridgehead atoms. The molecule has 6 nitrogen and oxygen atoms in total. The van der Waals surface area contributed by atoms with Crippen molar-refractivity contribution in [1.82, 2.24) is 4.98 Å². The van der Waals surface area contributed by atoms with Gasteiger partial charge in [0, 0.05) is 35.0 Å². The van der Waals surface area contributed by atoms with Gasteiger partial charge in [-0.2, -0.15) is 0 Å². The molecule has 94 valence electrons. The molecule has 0 amide bonds. The van der Waals surface area contributed by atoms with Gasteiger partial charge in [-0.05, 0) is 22.9 Å². The van der Waals surface area contributed by atoms with Gasteiger partial charge >= 0.3 is 5.69 Å². The Kier molecular flexibility index (Phi) is 5.01. The smallest absolute Gasteiger partial charge is 0.311 e. The maximum absolute atomic E-state index is 11.2. The van der Waals surface area contributed by atoms with E-state index in [2.05, 4.69) is 26.2 Å². The summed E-state index contributed by atoms with van der Waals surface area (Å²) in [4.78, 5) is 14.0. The van der Waals surface area contributed by atoms with Crippen molar-refractivity contribution < 1.29 is 9.13 Å². The molecule has 0 saturated heterocycles. The second-order valence-corrected chi connectivity index (χ2v) is 6.12. The van der Waals surface area contributed by atoms with Gasteiger partial charge in [-0.3, -0.25) is 19.3 Å². The van der Waals surface area contributed by atoms with Crippen molar-refractivity contribution in [3.05, 3.63) is 27.0 Å². The molecule has 0 fully saturated rings. The fourth-order valence-corrected chi connectivity index (χ4v) is 1.88. The van der Waals surface area contributed by atoms with E-state index in [9.17, 15) is 14.3 Å². The van der Waals surface area contributed by atoms with Crippen LogP contribution in [0.5, 0.6) is 0 Å². The first-order valence-corrected chi connectivity index (χ1v) is 7.19. The van der Waals surface area contributed by atoms with Crippen molar-refractivity contribution in [3.63, 3.8) is 0 Å². The Morgan fingerprint density at radius 2 is 2.29 bits per heavy atom. The molecule has 0 radical (unpaired) electrons. The Hall–Kier alpha value is -1.02. The lowest BCUT2D eigenvalue weighted by Crippen LogP contribution is -2.21. The second kappa shape index (κ2) is 6.06. The van der Waals surface area contributed by atoms with E-state index < -0.39 is 15.7 Å². The van der Waals surface area contributed by atoms with Gasteiger partial charge < -0.3 is 5.32 Å². The first-order valence-electron chi connectivity index (χ1n) is 4.77. The molecule has 0 aliphatic carbocycles. The van der Waals surface area contributed by atoms with E-state index in [1.54, 1.807) is 6.26 Å². The minimum Gasteiger partial charge on any atom is -0.377 e. The van der Waals surface area contributed by atoms with Crippen LogP contribution in [0.25, 0.3) is 0 Å². The lowest BCUT2D eigenvalue weighted by atomic mass is 10.3. The maximum atomic E-state index is 11.2. The molecule has 2 unspecified atom stereocenters. The number of pyridine rings is 1. The van der Waals surface area contributed by atoms with Crippen molar-refractivity contribution in [2.24, 2.45) is 0 Å². The average Bonchev–Trinajstić information content (AvgIpc) is 2.26. The second-order valence-electron chi connectivity index (χ2n) is 3.46. The number of nitro groups is 1. The maximum Gasteiger partial charge on any atom is 0.311 e. The van der Waals surface area contributed by atoms with E-state index in [-0.39, 0.29) is 10.9 Å². The van der Waals surface area contributed by atoms with Crippen LogP contribution in [0.3, 0.4) is 0 Å². The Morgan fingerprint density at radius 1 is 1.65 bits per heavy atom. The number of nitrogens with zero attached hydrogens (tertiary/aromatic N) is 2. The fraction of sp³-hybridized carbons (Fsp3) is 0.444. The normalized spacial score (nSPS) is 14.1. The summed E-state index contributed by atoms with van der Waals surface area (Å²) >= 11 is 3.20. The summed E-state index contributed by atoms with van der Waals surface area (Å²) in [5, 5.41) is 13.6. The highest BCUT2D eigenvalue weighted by Gasteiger charge is 2.18. The van der Waals surface area contributed by atoms with Gasteiger partial charge in [-0.15, -0.1) is 0 Å². The van der Waals surface area contributed by atoms with Crippen LogP contribution in [0.2, 0.25) is 0 Å². The number of hydrogen-bond acceptors (Lipinski definition) is 5. The number of rotatable bonds is 5. The van der Waals surface area contributed by atoms with Crippen molar-refractivity contribution in [2.75, 3.05) is 18.1 Å². The SMILES string of the molecule is CC(CNc1c(Br)cncc1[N+](=O)[O-])S(C)=O. The molecule has 1 N–H and O–H groups in total. The third-order valence-corrected chi connectivity index (χ3v) is 4.11. The van der Waals surface area contributed by atoms with Crippen LogP contribution in [0.15, 0.2) is 16.9 Å². The molecule has 0 aliphatic heterocycles. The van der Waals surface area contributed by atoms with Crippen molar-refractivity contribution in [3.8, 4) is 0 Å². The zero-order chi connectivity index (χ0) is 13.0. The zero-order valence-electron chi connectivity index (χ0n) is 9.34. The molecule has 1 rings (SSSR count). The van der Waals surface area contributed by atoms with Gasteiger partial charge in [0.15, 0.2) is 0 Å². The summed E-state index contributed by atoms with van der Waals surface area (Å²) in [5.41, 5.74) is 0.260. The molecule has 1 aromatic rings. The zero-order valence-corrected chi connectivity index (χ0v) is 11.7. The van der Waals surface area contributed by atoms with Crippen LogP contribution in [-0.2, 0) is 10.8 Å². The molecule has 8 heteroatoms. The first kappa shape index (κ1) is 14.0. The third-order valence-electron chi connectivity index (χ3n) is 2.21. The number of anilines is 1. The Morgan fingerprint density at radius 3 is 2.82 bits per heavy atom. The Balaban J connectivity index is 2.90. The molecular formula is C9H12BrN3O3S. The highest BCUT2D eigenvalue weighted by Crippen LogP contribution is 2.30. The summed E-state index contributed by atoms with van der Waals surface area (Å²) in [7, 11) is -0.971.